The Morgan fingerprint density at radius 1 is 1.23 bits per heavy atom. The zero-order valence-electron chi connectivity index (χ0n) is 14.5. The fourth-order valence-corrected chi connectivity index (χ4v) is 3.76. The predicted octanol–water partition coefficient (Wildman–Crippen LogP) is 4.96. The first-order valence-electron chi connectivity index (χ1n) is 8.21. The SMILES string of the molecule is C=CCN1C(=O)/C(=C/c2cccc(OCc3ccc(C)cc3)c2)SC1=S. The molecule has 26 heavy (non-hydrogen) atoms. The maximum absolute atomic E-state index is 12.4. The average molecular weight is 382 g/mol. The molecule has 0 atom stereocenters. The van der Waals surface area contributed by atoms with Crippen molar-refractivity contribution in [3.63, 3.8) is 0 Å². The van der Waals surface area contributed by atoms with Crippen LogP contribution in [0, 0.1) is 6.92 Å². The van der Waals surface area contributed by atoms with Crippen molar-refractivity contribution in [3.8, 4) is 5.75 Å². The Bertz CT molecular complexity index is 872. The molecule has 5 heteroatoms. The molecule has 1 saturated heterocycles. The molecule has 0 unspecified atom stereocenters. The molecule has 132 valence electrons. The molecule has 0 aliphatic carbocycles. The first-order chi connectivity index (χ1) is 12.6. The minimum absolute atomic E-state index is 0.0779. The van der Waals surface area contributed by atoms with Crippen molar-refractivity contribution in [3.05, 3.63) is 82.8 Å². The van der Waals surface area contributed by atoms with Gasteiger partial charge in [0.25, 0.3) is 5.91 Å². The fraction of sp³-hybridized carbons (Fsp3) is 0.143. The molecule has 0 aromatic heterocycles. The summed E-state index contributed by atoms with van der Waals surface area (Å²) < 4.78 is 6.44. The monoisotopic (exact) mass is 381 g/mol. The summed E-state index contributed by atoms with van der Waals surface area (Å²) in [5, 5.41) is 0. The van der Waals surface area contributed by atoms with Gasteiger partial charge in [0.2, 0.25) is 0 Å². The van der Waals surface area contributed by atoms with Crippen molar-refractivity contribution in [1.82, 2.24) is 4.90 Å². The molecule has 1 heterocycles. The molecule has 0 spiro atoms. The van der Waals surface area contributed by atoms with Gasteiger partial charge >= 0.3 is 0 Å². The number of nitrogens with zero attached hydrogens (tertiary/aromatic N) is 1. The van der Waals surface area contributed by atoms with Gasteiger partial charge in [-0.25, -0.2) is 0 Å². The summed E-state index contributed by atoms with van der Waals surface area (Å²) in [6, 6.07) is 16.0. The minimum atomic E-state index is -0.0779. The van der Waals surface area contributed by atoms with Crippen molar-refractivity contribution >= 4 is 40.3 Å². The third-order valence-corrected chi connectivity index (χ3v) is 5.25. The third kappa shape index (κ3) is 4.42. The number of hydrogen-bond donors (Lipinski definition) is 0. The highest BCUT2D eigenvalue weighted by Gasteiger charge is 2.30. The van der Waals surface area contributed by atoms with E-state index in [2.05, 4.69) is 37.8 Å². The highest BCUT2D eigenvalue weighted by atomic mass is 32.2. The lowest BCUT2D eigenvalue weighted by atomic mass is 10.1. The normalized spacial score (nSPS) is 15.6. The van der Waals surface area contributed by atoms with Crippen LogP contribution in [0.1, 0.15) is 16.7 Å². The quantitative estimate of drug-likeness (QED) is 0.402. The van der Waals surface area contributed by atoms with Gasteiger partial charge in [-0.3, -0.25) is 9.69 Å². The second-order valence-electron chi connectivity index (χ2n) is 5.93. The fourth-order valence-electron chi connectivity index (χ4n) is 2.48. The number of hydrogen-bond acceptors (Lipinski definition) is 4. The molecule has 2 aromatic carbocycles. The maximum atomic E-state index is 12.4. The lowest BCUT2D eigenvalue weighted by Gasteiger charge is -2.10. The number of ether oxygens (including phenoxy) is 1. The van der Waals surface area contributed by atoms with Crippen LogP contribution in [0.15, 0.2) is 66.1 Å². The van der Waals surface area contributed by atoms with E-state index in [0.717, 1.165) is 16.9 Å². The van der Waals surface area contributed by atoms with E-state index in [9.17, 15) is 4.79 Å². The summed E-state index contributed by atoms with van der Waals surface area (Å²) in [6.45, 7) is 6.66. The first-order valence-corrected chi connectivity index (χ1v) is 9.44. The number of carbonyl (C=O) groups is 1. The summed E-state index contributed by atoms with van der Waals surface area (Å²) in [7, 11) is 0. The molecule has 0 radical (unpaired) electrons. The number of amides is 1. The van der Waals surface area contributed by atoms with Gasteiger partial charge in [0.05, 0.1) is 4.91 Å². The van der Waals surface area contributed by atoms with E-state index in [1.54, 1.807) is 11.0 Å². The molecule has 1 aliphatic heterocycles. The Morgan fingerprint density at radius 3 is 2.73 bits per heavy atom. The second-order valence-corrected chi connectivity index (χ2v) is 7.60. The van der Waals surface area contributed by atoms with Crippen LogP contribution in [0.25, 0.3) is 6.08 Å². The smallest absolute Gasteiger partial charge is 0.266 e. The molecule has 0 saturated carbocycles. The van der Waals surface area contributed by atoms with Crippen LogP contribution in [0.2, 0.25) is 0 Å². The predicted molar refractivity (Wildman–Crippen MR) is 112 cm³/mol. The van der Waals surface area contributed by atoms with Crippen molar-refractivity contribution < 1.29 is 9.53 Å². The topological polar surface area (TPSA) is 29.5 Å². The first kappa shape index (κ1) is 18.4. The van der Waals surface area contributed by atoms with E-state index in [-0.39, 0.29) is 5.91 Å². The van der Waals surface area contributed by atoms with E-state index in [4.69, 9.17) is 17.0 Å². The Labute approximate surface area is 163 Å². The summed E-state index contributed by atoms with van der Waals surface area (Å²) in [4.78, 5) is 14.6. The van der Waals surface area contributed by atoms with E-state index in [1.807, 2.05) is 30.3 Å². The van der Waals surface area contributed by atoms with Gasteiger partial charge in [-0.05, 0) is 36.3 Å². The summed E-state index contributed by atoms with van der Waals surface area (Å²) in [5.74, 6) is 0.687. The van der Waals surface area contributed by atoms with Crippen molar-refractivity contribution in [2.24, 2.45) is 0 Å². The average Bonchev–Trinajstić information content (AvgIpc) is 2.89. The molecule has 2 aromatic rings. The maximum Gasteiger partial charge on any atom is 0.266 e. The van der Waals surface area contributed by atoms with Gasteiger partial charge in [-0.15, -0.1) is 6.58 Å². The Hall–Kier alpha value is -2.37. The summed E-state index contributed by atoms with van der Waals surface area (Å²) >= 11 is 6.58. The van der Waals surface area contributed by atoms with Gasteiger partial charge < -0.3 is 4.74 Å². The van der Waals surface area contributed by atoms with Gasteiger partial charge in [0.15, 0.2) is 0 Å². The lowest BCUT2D eigenvalue weighted by molar-refractivity contribution is -0.121. The summed E-state index contributed by atoms with van der Waals surface area (Å²) in [6.07, 6.45) is 3.52. The molecular weight excluding hydrogens is 362 g/mol. The Balaban J connectivity index is 1.71. The molecule has 1 amide bonds. The number of carbonyl (C=O) groups excluding carboxylic acids is 1. The minimum Gasteiger partial charge on any atom is -0.489 e. The van der Waals surface area contributed by atoms with Gasteiger partial charge in [0.1, 0.15) is 16.7 Å². The molecule has 0 N–H and O–H groups in total. The highest BCUT2D eigenvalue weighted by molar-refractivity contribution is 8.26. The largest absolute Gasteiger partial charge is 0.489 e. The second kappa shape index (κ2) is 8.34. The van der Waals surface area contributed by atoms with Crippen LogP contribution in [0.3, 0.4) is 0 Å². The van der Waals surface area contributed by atoms with Crippen LogP contribution in [-0.2, 0) is 11.4 Å². The van der Waals surface area contributed by atoms with E-state index in [0.29, 0.717) is 22.4 Å². The molecule has 1 fully saturated rings. The number of rotatable bonds is 6. The molecule has 0 bridgehead atoms. The van der Waals surface area contributed by atoms with E-state index < -0.39 is 0 Å². The van der Waals surface area contributed by atoms with Crippen LogP contribution in [-0.4, -0.2) is 21.7 Å². The highest BCUT2D eigenvalue weighted by Crippen LogP contribution is 2.32. The molecule has 1 aliphatic rings. The Morgan fingerprint density at radius 2 is 2.00 bits per heavy atom. The standard InChI is InChI=1S/C21H19NO2S2/c1-3-11-22-20(23)19(26-21(22)25)13-17-5-4-6-18(12-17)24-14-16-9-7-15(2)8-10-16/h3-10,12-13H,1,11,14H2,2H3/b19-13-. The van der Waals surface area contributed by atoms with Crippen LogP contribution in [0.5, 0.6) is 5.75 Å². The number of aryl methyl sites for hydroxylation is 1. The number of thiocarbonyl (C=S) groups is 1. The van der Waals surface area contributed by atoms with Crippen molar-refractivity contribution in [2.75, 3.05) is 6.54 Å². The zero-order chi connectivity index (χ0) is 18.5. The van der Waals surface area contributed by atoms with Crippen molar-refractivity contribution in [2.45, 2.75) is 13.5 Å². The molecule has 3 rings (SSSR count). The van der Waals surface area contributed by atoms with Crippen LogP contribution in [0.4, 0.5) is 0 Å². The van der Waals surface area contributed by atoms with Crippen LogP contribution < -0.4 is 4.74 Å². The zero-order valence-corrected chi connectivity index (χ0v) is 16.1. The summed E-state index contributed by atoms with van der Waals surface area (Å²) in [5.41, 5.74) is 3.25. The van der Waals surface area contributed by atoms with E-state index in [1.165, 1.54) is 17.3 Å². The third-order valence-electron chi connectivity index (χ3n) is 3.87. The van der Waals surface area contributed by atoms with E-state index >= 15 is 0 Å². The van der Waals surface area contributed by atoms with Crippen molar-refractivity contribution in [1.29, 1.82) is 0 Å². The van der Waals surface area contributed by atoms with Gasteiger partial charge in [-0.1, -0.05) is 72.0 Å². The van der Waals surface area contributed by atoms with Crippen LogP contribution >= 0.6 is 24.0 Å². The van der Waals surface area contributed by atoms with Gasteiger partial charge in [-0.2, -0.15) is 0 Å². The Kier molecular flexibility index (Phi) is 5.91. The molecule has 3 nitrogen and oxygen atoms in total. The number of thioether (sulfide) groups is 1. The molecular formula is C21H19NO2S2. The lowest BCUT2D eigenvalue weighted by Crippen LogP contribution is -2.27. The van der Waals surface area contributed by atoms with Gasteiger partial charge in [0, 0.05) is 6.54 Å². The number of benzene rings is 2.